The van der Waals surface area contributed by atoms with Gasteiger partial charge in [-0.25, -0.2) is 0 Å². The second kappa shape index (κ2) is 10.6. The first-order chi connectivity index (χ1) is 14.2. The van der Waals surface area contributed by atoms with E-state index in [-0.39, 0.29) is 37.2 Å². The molecule has 8 nitrogen and oxygen atoms in total. The highest BCUT2D eigenvalue weighted by Gasteiger charge is 2.18. The smallest absolute Gasteiger partial charge is 0.307 e. The van der Waals surface area contributed by atoms with Crippen LogP contribution in [0.2, 0.25) is 0 Å². The summed E-state index contributed by atoms with van der Waals surface area (Å²) in [6, 6.07) is 8.86. The van der Waals surface area contributed by atoms with Gasteiger partial charge < -0.3 is 19.4 Å². The van der Waals surface area contributed by atoms with E-state index < -0.39 is 0 Å². The molecule has 1 aromatic heterocycles. The van der Waals surface area contributed by atoms with E-state index in [1.807, 2.05) is 24.5 Å². The van der Waals surface area contributed by atoms with Gasteiger partial charge in [0.05, 0.1) is 33.7 Å². The number of rotatable bonds is 10. The molecule has 0 fully saturated rings. The molecular weight excluding hydrogens is 386 g/mol. The lowest BCUT2D eigenvalue weighted by Crippen LogP contribution is -2.34. The van der Waals surface area contributed by atoms with Crippen molar-refractivity contribution >= 4 is 23.3 Å². The highest BCUT2D eigenvalue weighted by atomic mass is 16.5. The van der Waals surface area contributed by atoms with Crippen LogP contribution in [-0.4, -0.2) is 61.5 Å². The van der Waals surface area contributed by atoms with E-state index in [1.165, 1.54) is 7.11 Å². The molecule has 0 radical (unpaired) electrons. The number of nitrogens with zero attached hydrogens (tertiary/aromatic N) is 2. The quantitative estimate of drug-likeness (QED) is 0.474. The Labute approximate surface area is 176 Å². The van der Waals surface area contributed by atoms with Gasteiger partial charge in [0.1, 0.15) is 5.75 Å². The zero-order valence-corrected chi connectivity index (χ0v) is 18.2. The number of hydrogen-bond donors (Lipinski definition) is 1. The van der Waals surface area contributed by atoms with Gasteiger partial charge in [-0.15, -0.1) is 0 Å². The Hall–Kier alpha value is -3.13. The lowest BCUT2D eigenvalue weighted by Gasteiger charge is -2.16. The second-order valence-corrected chi connectivity index (χ2v) is 7.13. The Morgan fingerprint density at radius 3 is 2.33 bits per heavy atom. The number of benzene rings is 1. The molecule has 0 atom stereocenters. The summed E-state index contributed by atoms with van der Waals surface area (Å²) in [5, 5.41) is 2.80. The fourth-order valence-electron chi connectivity index (χ4n) is 3.24. The number of esters is 1. The van der Waals surface area contributed by atoms with Crippen molar-refractivity contribution in [2.45, 2.75) is 26.8 Å². The molecule has 0 aliphatic carbocycles. The van der Waals surface area contributed by atoms with E-state index in [2.05, 4.69) is 10.1 Å². The average molecular weight is 415 g/mol. The summed E-state index contributed by atoms with van der Waals surface area (Å²) in [6.45, 7) is 4.40. The van der Waals surface area contributed by atoms with E-state index in [9.17, 15) is 14.4 Å². The molecule has 0 aliphatic heterocycles. The predicted molar refractivity (Wildman–Crippen MR) is 114 cm³/mol. The maximum Gasteiger partial charge on any atom is 0.307 e. The first-order valence-corrected chi connectivity index (χ1v) is 9.64. The van der Waals surface area contributed by atoms with Crippen LogP contribution in [-0.2, 0) is 20.9 Å². The molecule has 0 saturated heterocycles. The number of nitrogens with one attached hydrogen (secondary N) is 1. The summed E-state index contributed by atoms with van der Waals surface area (Å²) < 4.78 is 11.7. The Bertz CT molecular complexity index is 902. The number of likely N-dealkylation sites (N-methyl/N-ethyl adjacent to an activating group) is 1. The van der Waals surface area contributed by atoms with Crippen molar-refractivity contribution in [2.24, 2.45) is 0 Å². The van der Waals surface area contributed by atoms with Crippen LogP contribution >= 0.6 is 0 Å². The van der Waals surface area contributed by atoms with Crippen molar-refractivity contribution in [3.63, 3.8) is 0 Å². The number of anilines is 1. The van der Waals surface area contributed by atoms with Crippen molar-refractivity contribution in [1.29, 1.82) is 0 Å². The topological polar surface area (TPSA) is 89.9 Å². The van der Waals surface area contributed by atoms with Crippen LogP contribution in [0.3, 0.4) is 0 Å². The largest absolute Gasteiger partial charge is 0.497 e. The van der Waals surface area contributed by atoms with Crippen LogP contribution in [0.15, 0.2) is 30.3 Å². The molecule has 0 aliphatic rings. The van der Waals surface area contributed by atoms with Crippen molar-refractivity contribution in [1.82, 2.24) is 9.47 Å². The number of Topliss-reactive ketones (excluding diaryl/α,β-unsaturated/α-hetero) is 1. The Kier molecular flexibility index (Phi) is 8.17. The van der Waals surface area contributed by atoms with Crippen LogP contribution in [0, 0.1) is 13.8 Å². The normalized spacial score (nSPS) is 10.7. The predicted octanol–water partition coefficient (Wildman–Crippen LogP) is 2.43. The standard InChI is InChI=1S/C22H29N3O5/c1-15-12-19(16(2)25(15)11-10-22(28)30-5)20(26)13-24(3)14-21(27)23-17-6-8-18(29-4)9-7-17/h6-9,12H,10-11,13-14H2,1-5H3,(H,23,27). The Morgan fingerprint density at radius 1 is 1.07 bits per heavy atom. The number of ketones is 1. The number of amides is 1. The molecule has 0 unspecified atom stereocenters. The summed E-state index contributed by atoms with van der Waals surface area (Å²) in [7, 11) is 4.66. The fraction of sp³-hybridized carbons (Fsp3) is 0.409. The molecule has 0 bridgehead atoms. The molecule has 1 aromatic carbocycles. The highest BCUT2D eigenvalue weighted by Crippen LogP contribution is 2.17. The van der Waals surface area contributed by atoms with Gasteiger partial charge in [0, 0.05) is 29.2 Å². The fourth-order valence-corrected chi connectivity index (χ4v) is 3.24. The second-order valence-electron chi connectivity index (χ2n) is 7.13. The summed E-state index contributed by atoms with van der Waals surface area (Å²) in [5.74, 6) is 0.129. The summed E-state index contributed by atoms with van der Waals surface area (Å²) >= 11 is 0. The number of carbonyl (C=O) groups is 3. The highest BCUT2D eigenvalue weighted by molar-refractivity contribution is 5.99. The number of methoxy groups -OCH3 is 2. The summed E-state index contributed by atoms with van der Waals surface area (Å²) in [5.41, 5.74) is 2.96. The molecular formula is C22H29N3O5. The molecule has 2 aromatic rings. The van der Waals surface area contributed by atoms with E-state index >= 15 is 0 Å². The molecule has 162 valence electrons. The lowest BCUT2D eigenvalue weighted by molar-refractivity contribution is -0.140. The average Bonchev–Trinajstić information content (AvgIpc) is 3.00. The van der Waals surface area contributed by atoms with Gasteiger partial charge in [-0.05, 0) is 51.2 Å². The third kappa shape index (κ3) is 6.18. The molecule has 0 spiro atoms. The van der Waals surface area contributed by atoms with Crippen LogP contribution < -0.4 is 10.1 Å². The zero-order chi connectivity index (χ0) is 22.3. The Balaban J connectivity index is 1.93. The maximum atomic E-state index is 12.8. The van der Waals surface area contributed by atoms with Crippen LogP contribution in [0.5, 0.6) is 5.75 Å². The van der Waals surface area contributed by atoms with E-state index in [0.717, 1.165) is 11.4 Å². The first-order valence-electron chi connectivity index (χ1n) is 9.64. The van der Waals surface area contributed by atoms with Gasteiger partial charge in [-0.1, -0.05) is 0 Å². The first kappa shape index (κ1) is 23.2. The number of aryl methyl sites for hydroxylation is 1. The van der Waals surface area contributed by atoms with E-state index in [0.29, 0.717) is 23.5 Å². The summed E-state index contributed by atoms with van der Waals surface area (Å²) in [4.78, 5) is 38.1. The molecule has 1 heterocycles. The van der Waals surface area contributed by atoms with Gasteiger partial charge in [0.2, 0.25) is 5.91 Å². The van der Waals surface area contributed by atoms with Crippen molar-refractivity contribution in [3.8, 4) is 5.75 Å². The van der Waals surface area contributed by atoms with Crippen molar-refractivity contribution < 1.29 is 23.9 Å². The van der Waals surface area contributed by atoms with Crippen molar-refractivity contribution in [2.75, 3.05) is 39.7 Å². The summed E-state index contributed by atoms with van der Waals surface area (Å²) in [6.07, 6.45) is 0.242. The SMILES string of the molecule is COC(=O)CCn1c(C)cc(C(=O)CN(C)CC(=O)Nc2ccc(OC)cc2)c1C. The Morgan fingerprint density at radius 2 is 1.73 bits per heavy atom. The van der Waals surface area contributed by atoms with Gasteiger partial charge >= 0.3 is 5.97 Å². The van der Waals surface area contributed by atoms with E-state index in [1.54, 1.807) is 43.3 Å². The zero-order valence-electron chi connectivity index (χ0n) is 18.2. The lowest BCUT2D eigenvalue weighted by atomic mass is 10.1. The van der Waals surface area contributed by atoms with E-state index in [4.69, 9.17) is 4.74 Å². The number of hydrogen-bond acceptors (Lipinski definition) is 6. The van der Waals surface area contributed by atoms with Crippen LogP contribution in [0.25, 0.3) is 0 Å². The molecule has 2 rings (SSSR count). The number of aromatic nitrogens is 1. The molecule has 1 N–H and O–H groups in total. The van der Waals surface area contributed by atoms with Crippen molar-refractivity contribution in [3.05, 3.63) is 47.3 Å². The molecule has 8 heteroatoms. The van der Waals surface area contributed by atoms with Gasteiger partial charge in [0.25, 0.3) is 0 Å². The molecule has 0 saturated carbocycles. The monoisotopic (exact) mass is 415 g/mol. The van der Waals surface area contributed by atoms with Crippen LogP contribution in [0.4, 0.5) is 5.69 Å². The van der Waals surface area contributed by atoms with Gasteiger partial charge in [0.15, 0.2) is 5.78 Å². The number of carbonyl (C=O) groups excluding carboxylic acids is 3. The van der Waals surface area contributed by atoms with Crippen LogP contribution in [0.1, 0.15) is 28.2 Å². The minimum Gasteiger partial charge on any atom is -0.497 e. The van der Waals surface area contributed by atoms with Gasteiger partial charge in [-0.2, -0.15) is 0 Å². The molecule has 1 amide bonds. The minimum absolute atomic E-state index is 0.0767. The third-order valence-electron chi connectivity index (χ3n) is 4.84. The maximum absolute atomic E-state index is 12.8. The molecule has 30 heavy (non-hydrogen) atoms. The number of ether oxygens (including phenoxy) is 2. The van der Waals surface area contributed by atoms with Gasteiger partial charge in [-0.3, -0.25) is 19.3 Å². The third-order valence-corrected chi connectivity index (χ3v) is 4.84. The minimum atomic E-state index is -0.294.